The van der Waals surface area contributed by atoms with Crippen LogP contribution in [0.4, 0.5) is 0 Å². The van der Waals surface area contributed by atoms with Crippen molar-refractivity contribution < 1.29 is 116 Å². The molecule has 0 rings (SSSR count). The minimum atomic E-state index is -5.39. The Bertz CT molecular complexity index is 342. The molecule has 0 saturated carbocycles. The fourth-order valence-electron chi connectivity index (χ4n) is 0.712. The Kier molecular flexibility index (Phi) is 36.5. The van der Waals surface area contributed by atoms with Crippen molar-refractivity contribution in [2.75, 3.05) is 6.61 Å². The SMILES string of the molecule is CCCCCCOP(=O)(O)O.O=P([O-])([O-])[O-].O=P([O-])([O-])[O-].[Zn+2].[Zn+2].[Zn+2]. The van der Waals surface area contributed by atoms with Gasteiger partial charge in [-0.05, 0) is 6.42 Å². The van der Waals surface area contributed by atoms with Gasteiger partial charge in [-0.1, -0.05) is 26.2 Å². The average Bonchev–Trinajstić information content (AvgIpc) is 2.10. The molecule has 0 aliphatic rings. The predicted molar refractivity (Wildman–Crippen MR) is 57.4 cm³/mol. The Morgan fingerprint density at radius 3 is 1.25 bits per heavy atom. The summed E-state index contributed by atoms with van der Waals surface area (Å²) in [5.41, 5.74) is 0. The minimum absolute atomic E-state index is 0. The third-order valence-corrected chi connectivity index (χ3v) is 1.78. The molecule has 24 heavy (non-hydrogen) atoms. The Morgan fingerprint density at radius 1 is 0.750 bits per heavy atom. The van der Waals surface area contributed by atoms with E-state index in [9.17, 15) is 4.57 Å². The van der Waals surface area contributed by atoms with Gasteiger partial charge in [0.25, 0.3) is 0 Å². The van der Waals surface area contributed by atoms with E-state index in [1.165, 1.54) is 0 Å². The van der Waals surface area contributed by atoms with Crippen LogP contribution in [-0.2, 0) is 76.7 Å². The monoisotopic (exact) mass is 564 g/mol. The van der Waals surface area contributed by atoms with E-state index in [0.29, 0.717) is 0 Å². The van der Waals surface area contributed by atoms with E-state index in [1.54, 1.807) is 0 Å². The molecule has 0 amide bonds. The van der Waals surface area contributed by atoms with Crippen molar-refractivity contribution in [1.29, 1.82) is 0 Å². The summed E-state index contributed by atoms with van der Waals surface area (Å²) in [6.07, 6.45) is 3.88. The van der Waals surface area contributed by atoms with E-state index in [-0.39, 0.29) is 65.0 Å². The third kappa shape index (κ3) is 125. The maximum atomic E-state index is 10.1. The molecule has 132 valence electrons. The van der Waals surface area contributed by atoms with Crippen LogP contribution >= 0.6 is 23.5 Å². The van der Waals surface area contributed by atoms with Crippen LogP contribution in [0.2, 0.25) is 0 Å². The van der Waals surface area contributed by atoms with Crippen LogP contribution in [0.1, 0.15) is 32.6 Å². The summed E-state index contributed by atoms with van der Waals surface area (Å²) in [5, 5.41) is 0. The van der Waals surface area contributed by atoms with Crippen molar-refractivity contribution in [3.63, 3.8) is 0 Å². The molecule has 0 saturated heterocycles. The number of rotatable bonds is 6. The molecule has 0 aromatic heterocycles. The minimum Gasteiger partial charge on any atom is -0.822 e. The van der Waals surface area contributed by atoms with E-state index in [4.69, 9.17) is 48.3 Å². The van der Waals surface area contributed by atoms with Crippen molar-refractivity contribution in [2.24, 2.45) is 0 Å². The largest absolute Gasteiger partial charge is 2.00 e. The van der Waals surface area contributed by atoms with Crippen molar-refractivity contribution in [3.8, 4) is 0 Å². The molecule has 0 bridgehead atoms. The summed E-state index contributed by atoms with van der Waals surface area (Å²) < 4.78 is 31.5. The van der Waals surface area contributed by atoms with Crippen molar-refractivity contribution in [3.05, 3.63) is 0 Å². The average molecular weight is 568 g/mol. The fraction of sp³-hybridized carbons (Fsp3) is 1.00. The van der Waals surface area contributed by atoms with Gasteiger partial charge in [-0.3, -0.25) is 4.52 Å². The summed E-state index contributed by atoms with van der Waals surface area (Å²) in [5.74, 6) is 0. The van der Waals surface area contributed by atoms with E-state index in [0.717, 1.165) is 25.7 Å². The summed E-state index contributed by atoms with van der Waals surface area (Å²) in [7, 11) is -15.0. The van der Waals surface area contributed by atoms with Crippen molar-refractivity contribution >= 4 is 23.5 Å². The van der Waals surface area contributed by atoms with Gasteiger partial charge in [-0.15, -0.1) is 0 Å². The second-order valence-corrected chi connectivity index (χ2v) is 6.31. The van der Waals surface area contributed by atoms with Crippen LogP contribution in [0.3, 0.4) is 0 Å². The fourth-order valence-corrected chi connectivity index (χ4v) is 1.08. The van der Waals surface area contributed by atoms with Gasteiger partial charge in [0, 0.05) is 0 Å². The number of phosphoric acid groups is 3. The standard InChI is InChI=1S/C6H15O4P.2H3O4P.3Zn/c1-2-3-4-5-6-10-11(7,8)9;2*1-5(2,3)4;;;/h2-6H2,1H3,(H2,7,8,9);2*(H3,1,2,3,4);;;/q;;;3*+2/p-6. The van der Waals surface area contributed by atoms with E-state index in [1.807, 2.05) is 0 Å². The Morgan fingerprint density at radius 2 is 1.04 bits per heavy atom. The first-order chi connectivity index (χ1) is 9.06. The van der Waals surface area contributed by atoms with Crippen LogP contribution in [0.25, 0.3) is 0 Å². The molecule has 2 N–H and O–H groups in total. The third-order valence-electron chi connectivity index (χ3n) is 1.26. The summed E-state index contributed by atoms with van der Waals surface area (Å²) in [6, 6.07) is 0. The van der Waals surface area contributed by atoms with Gasteiger partial charge in [-0.2, -0.15) is 15.6 Å². The first-order valence-electron chi connectivity index (χ1n) is 5.22. The molecule has 0 fully saturated rings. The quantitative estimate of drug-likeness (QED) is 0.177. The zero-order chi connectivity index (χ0) is 17.7. The van der Waals surface area contributed by atoms with Gasteiger partial charge in [0.1, 0.15) is 0 Å². The summed E-state index contributed by atoms with van der Waals surface area (Å²) >= 11 is 0. The van der Waals surface area contributed by atoms with Gasteiger partial charge in [-0.25, -0.2) is 4.57 Å². The van der Waals surface area contributed by atoms with Crippen LogP contribution < -0.4 is 29.4 Å². The zero-order valence-electron chi connectivity index (χ0n) is 13.0. The zero-order valence-corrected chi connectivity index (χ0v) is 24.6. The molecule has 0 aliphatic carbocycles. The van der Waals surface area contributed by atoms with Crippen molar-refractivity contribution in [2.45, 2.75) is 32.6 Å². The predicted octanol–water partition coefficient (Wildman–Crippen LogP) is -3.98. The molecule has 0 aromatic rings. The second-order valence-electron chi connectivity index (χ2n) is 3.28. The molecule has 0 unspecified atom stereocenters. The maximum Gasteiger partial charge on any atom is 2.00 e. The molecule has 0 atom stereocenters. The van der Waals surface area contributed by atoms with Gasteiger partial charge in [0.2, 0.25) is 0 Å². The van der Waals surface area contributed by atoms with Gasteiger partial charge >= 0.3 is 66.3 Å². The van der Waals surface area contributed by atoms with Gasteiger partial charge in [0.05, 0.1) is 6.61 Å². The molecular weight excluding hydrogens is 553 g/mol. The molecule has 0 heterocycles. The maximum absolute atomic E-state index is 10.1. The normalized spacial score (nSPS) is 10.4. The van der Waals surface area contributed by atoms with Gasteiger partial charge < -0.3 is 48.3 Å². The van der Waals surface area contributed by atoms with Crippen LogP contribution in [0.5, 0.6) is 0 Å². The summed E-state index contributed by atoms with van der Waals surface area (Å²) in [6.45, 7) is 2.23. The summed E-state index contributed by atoms with van der Waals surface area (Å²) in [4.78, 5) is 67.8. The second kappa shape index (κ2) is 21.5. The van der Waals surface area contributed by atoms with Crippen LogP contribution in [0, 0.1) is 0 Å². The van der Waals surface area contributed by atoms with E-state index >= 15 is 0 Å². The first kappa shape index (κ1) is 40.8. The molecule has 12 nitrogen and oxygen atoms in total. The number of phosphoric ester groups is 1. The first-order valence-corrected chi connectivity index (χ1v) is 9.67. The topological polar surface area (TPSA) is 239 Å². The number of hydrogen-bond donors (Lipinski definition) is 2. The van der Waals surface area contributed by atoms with Crippen LogP contribution in [-0.4, -0.2) is 16.4 Å². The number of hydrogen-bond acceptors (Lipinski definition) is 10. The Balaban J connectivity index is -0.0000000536. The van der Waals surface area contributed by atoms with Crippen molar-refractivity contribution in [1.82, 2.24) is 0 Å². The molecule has 0 aromatic carbocycles. The van der Waals surface area contributed by atoms with E-state index in [2.05, 4.69) is 11.4 Å². The molecule has 0 radical (unpaired) electrons. The smallest absolute Gasteiger partial charge is 0.822 e. The molecular formula is C6H15O12P3Zn3. The molecule has 0 aliphatic heterocycles. The Hall–Kier alpha value is 2.20. The molecule has 0 spiro atoms. The van der Waals surface area contributed by atoms with Crippen LogP contribution in [0.15, 0.2) is 0 Å². The number of unbranched alkanes of at least 4 members (excludes halogenated alkanes) is 3. The van der Waals surface area contributed by atoms with E-state index < -0.39 is 23.5 Å². The van der Waals surface area contributed by atoms with Gasteiger partial charge in [0.15, 0.2) is 0 Å². The Labute approximate surface area is 177 Å². The molecule has 18 heteroatoms.